The maximum Gasteiger partial charge on any atom is 0.224 e. The van der Waals surface area contributed by atoms with Crippen molar-refractivity contribution in [3.63, 3.8) is 0 Å². The van der Waals surface area contributed by atoms with Crippen LogP contribution in [0, 0.1) is 0 Å². The van der Waals surface area contributed by atoms with E-state index in [-0.39, 0.29) is 4.86 Å². The molecule has 0 amide bonds. The van der Waals surface area contributed by atoms with Gasteiger partial charge in [-0.1, -0.05) is 0 Å². The van der Waals surface area contributed by atoms with E-state index in [4.69, 9.17) is 0 Å². The Hall–Kier alpha value is -0.970. The van der Waals surface area contributed by atoms with Crippen LogP contribution in [0.25, 0.3) is 0 Å². The van der Waals surface area contributed by atoms with Gasteiger partial charge >= 0.3 is 0 Å². The minimum Gasteiger partial charge on any atom is -0.184 e. The summed E-state index contributed by atoms with van der Waals surface area (Å²) in [5, 5.41) is 6.60. The van der Waals surface area contributed by atoms with E-state index in [1.165, 1.54) is 12.4 Å². The van der Waals surface area contributed by atoms with Crippen LogP contribution in [0.5, 0.6) is 0 Å². The molecule has 4 nitrogen and oxygen atoms in total. The molecule has 0 saturated carbocycles. The van der Waals surface area contributed by atoms with Gasteiger partial charge in [0.1, 0.15) is 4.86 Å². The van der Waals surface area contributed by atoms with Crippen molar-refractivity contribution in [2.45, 2.75) is 0 Å². The molecule has 0 unspecified atom stereocenters. The first-order chi connectivity index (χ1) is 3.80. The normalized spacial score (nSPS) is 15.2. The van der Waals surface area contributed by atoms with E-state index in [0.717, 1.165) is 0 Å². The van der Waals surface area contributed by atoms with Crippen LogP contribution in [0.3, 0.4) is 0 Å². The number of hydrogen-bond acceptors (Lipinski definition) is 4. The van der Waals surface area contributed by atoms with Crippen molar-refractivity contribution in [2.75, 3.05) is 0 Å². The van der Waals surface area contributed by atoms with E-state index in [2.05, 4.69) is 10.2 Å². The van der Waals surface area contributed by atoms with Crippen LogP contribution in [0.15, 0.2) is 10.2 Å². The zero-order valence-electron chi connectivity index (χ0n) is 3.77. The highest BCUT2D eigenvalue weighted by atomic mass is 32.2. The summed E-state index contributed by atoms with van der Waals surface area (Å²) in [5.74, 6) is 0. The molecule has 0 bridgehead atoms. The van der Waals surface area contributed by atoms with Crippen LogP contribution in [0.2, 0.25) is 0 Å². The molecule has 0 N–H and O–H groups in total. The zero-order valence-corrected chi connectivity index (χ0v) is 4.59. The van der Waals surface area contributed by atoms with Gasteiger partial charge in [0.05, 0.1) is 12.4 Å². The molecule has 8 heavy (non-hydrogen) atoms. The highest BCUT2D eigenvalue weighted by molar-refractivity contribution is 7.76. The Kier molecular flexibility index (Phi) is 1.21. The van der Waals surface area contributed by atoms with Crippen LogP contribution in [0.4, 0.5) is 0 Å². The lowest BCUT2D eigenvalue weighted by Gasteiger charge is -1.63. The predicted molar refractivity (Wildman–Crippen MR) is 30.9 cm³/mol. The van der Waals surface area contributed by atoms with Crippen LogP contribution in [-0.4, -0.2) is 25.7 Å². The molecule has 0 aromatic carbocycles. The second-order valence-electron chi connectivity index (χ2n) is 1.13. The molecule has 1 aliphatic rings. The summed E-state index contributed by atoms with van der Waals surface area (Å²) >= 11 is 0. The van der Waals surface area contributed by atoms with Crippen molar-refractivity contribution in [3.8, 4) is 0 Å². The standard InChI is InChI=1S/C3H2N2O2S/c6-8(7)3-1-4-5-2-3/h1-2H. The van der Waals surface area contributed by atoms with E-state index in [0.29, 0.717) is 0 Å². The van der Waals surface area contributed by atoms with Gasteiger partial charge in [-0.3, -0.25) is 0 Å². The largest absolute Gasteiger partial charge is 0.224 e. The fraction of sp³-hybridized carbons (Fsp3) is 0. The van der Waals surface area contributed by atoms with Crippen LogP contribution in [0.1, 0.15) is 0 Å². The zero-order chi connectivity index (χ0) is 5.98. The fourth-order valence-corrected chi connectivity index (χ4v) is 0.566. The summed E-state index contributed by atoms with van der Waals surface area (Å²) in [4.78, 5) is 0.130. The molecular weight excluding hydrogens is 128 g/mol. The summed E-state index contributed by atoms with van der Waals surface area (Å²) in [6.45, 7) is 0. The van der Waals surface area contributed by atoms with E-state index in [1.807, 2.05) is 0 Å². The SMILES string of the molecule is O=S(=O)=C1C=NN=C1. The molecule has 42 valence electrons. The third-order valence-corrected chi connectivity index (χ3v) is 1.22. The third kappa shape index (κ3) is 0.812. The first-order valence-corrected chi connectivity index (χ1v) is 2.91. The van der Waals surface area contributed by atoms with Crippen molar-refractivity contribution in [2.24, 2.45) is 10.2 Å². The topological polar surface area (TPSA) is 58.9 Å². The molecule has 0 fully saturated rings. The Balaban J connectivity index is 3.29. The summed E-state index contributed by atoms with van der Waals surface area (Å²) in [6.07, 6.45) is 2.37. The predicted octanol–water partition coefficient (Wildman–Crippen LogP) is -0.892. The maximum atomic E-state index is 9.98. The van der Waals surface area contributed by atoms with Gasteiger partial charge in [-0.25, -0.2) is 0 Å². The molecule has 0 aliphatic carbocycles. The maximum absolute atomic E-state index is 9.98. The van der Waals surface area contributed by atoms with Gasteiger partial charge in [-0.2, -0.15) is 18.6 Å². The van der Waals surface area contributed by atoms with E-state index in [9.17, 15) is 8.42 Å². The van der Waals surface area contributed by atoms with Gasteiger partial charge in [-0.15, -0.1) is 0 Å². The summed E-state index contributed by atoms with van der Waals surface area (Å²) in [6, 6.07) is 0. The number of nitrogens with zero attached hydrogens (tertiary/aromatic N) is 2. The average molecular weight is 130 g/mol. The molecule has 0 aromatic rings. The monoisotopic (exact) mass is 130 g/mol. The van der Waals surface area contributed by atoms with Crippen molar-refractivity contribution < 1.29 is 8.42 Å². The molecule has 1 heterocycles. The highest BCUT2D eigenvalue weighted by Gasteiger charge is 1.95. The molecule has 0 radical (unpaired) electrons. The summed E-state index contributed by atoms with van der Waals surface area (Å²) in [5.41, 5.74) is 0. The molecule has 1 aliphatic heterocycles. The lowest BCUT2D eigenvalue weighted by Crippen LogP contribution is -1.96. The van der Waals surface area contributed by atoms with Crippen molar-refractivity contribution >= 4 is 27.6 Å². The van der Waals surface area contributed by atoms with Gasteiger partial charge in [0.2, 0.25) is 10.3 Å². The van der Waals surface area contributed by atoms with Gasteiger partial charge in [0, 0.05) is 0 Å². The molecular formula is C3H2N2O2S. The van der Waals surface area contributed by atoms with Gasteiger partial charge in [0.15, 0.2) is 0 Å². The Morgan fingerprint density at radius 2 is 1.75 bits per heavy atom. The molecule has 0 spiro atoms. The second kappa shape index (κ2) is 1.87. The molecule has 1 rings (SSSR count). The summed E-state index contributed by atoms with van der Waals surface area (Å²) in [7, 11) is -2.17. The average Bonchev–Trinajstić information content (AvgIpc) is 2.12. The van der Waals surface area contributed by atoms with E-state index >= 15 is 0 Å². The van der Waals surface area contributed by atoms with E-state index < -0.39 is 10.3 Å². The Labute approximate surface area is 47.1 Å². The van der Waals surface area contributed by atoms with Crippen LogP contribution < -0.4 is 0 Å². The van der Waals surface area contributed by atoms with Gasteiger partial charge < -0.3 is 0 Å². The summed E-state index contributed by atoms with van der Waals surface area (Å²) < 4.78 is 20.0. The third-order valence-electron chi connectivity index (χ3n) is 0.629. The molecule has 0 aromatic heterocycles. The van der Waals surface area contributed by atoms with Crippen LogP contribution >= 0.6 is 0 Å². The van der Waals surface area contributed by atoms with Gasteiger partial charge in [-0.05, 0) is 0 Å². The first-order valence-electron chi connectivity index (χ1n) is 1.83. The fourth-order valence-electron chi connectivity index (χ4n) is 0.300. The van der Waals surface area contributed by atoms with Crippen molar-refractivity contribution in [1.82, 2.24) is 0 Å². The number of rotatable bonds is 0. The Morgan fingerprint density at radius 3 is 2.00 bits per heavy atom. The molecule has 0 atom stereocenters. The minimum atomic E-state index is -2.17. The van der Waals surface area contributed by atoms with E-state index in [1.54, 1.807) is 0 Å². The first kappa shape index (κ1) is 5.17. The van der Waals surface area contributed by atoms with Crippen molar-refractivity contribution in [3.05, 3.63) is 0 Å². The van der Waals surface area contributed by atoms with Crippen LogP contribution in [-0.2, 0) is 10.3 Å². The van der Waals surface area contributed by atoms with Gasteiger partial charge in [0.25, 0.3) is 0 Å². The minimum absolute atomic E-state index is 0.130. The Bertz CT molecular complexity index is 250. The highest BCUT2D eigenvalue weighted by Crippen LogP contribution is 1.78. The molecule has 5 heteroatoms. The van der Waals surface area contributed by atoms with Crippen molar-refractivity contribution in [1.29, 1.82) is 0 Å². The molecule has 0 saturated heterocycles. The number of hydrogen-bond donors (Lipinski definition) is 0. The lowest BCUT2D eigenvalue weighted by molar-refractivity contribution is 0.627. The smallest absolute Gasteiger partial charge is 0.184 e. The quantitative estimate of drug-likeness (QED) is 0.399. The second-order valence-corrected chi connectivity index (χ2v) is 2.07. The Morgan fingerprint density at radius 1 is 1.25 bits per heavy atom. The lowest BCUT2D eigenvalue weighted by atomic mass is 10.5.